The number of benzene rings is 1. The molecule has 1 atom stereocenters. The molecule has 0 aromatic heterocycles. The molecule has 2 rings (SSSR count). The molecule has 1 aliphatic rings. The van der Waals surface area contributed by atoms with Crippen molar-refractivity contribution in [3.63, 3.8) is 0 Å². The first-order valence-electron chi connectivity index (χ1n) is 8.47. The second kappa shape index (κ2) is 9.15. The van der Waals surface area contributed by atoms with Gasteiger partial charge in [0.05, 0.1) is 26.2 Å². The molecule has 0 unspecified atom stereocenters. The Morgan fingerprint density at radius 1 is 1.44 bits per heavy atom. The number of ether oxygens (including phenoxy) is 2. The molecular formula is C18H28N2O5. The van der Waals surface area contributed by atoms with Crippen molar-refractivity contribution < 1.29 is 24.5 Å². The molecule has 1 aromatic carbocycles. The van der Waals surface area contributed by atoms with Gasteiger partial charge in [-0.05, 0) is 17.7 Å². The molecule has 1 amide bonds. The number of carbonyl (C=O) groups is 1. The van der Waals surface area contributed by atoms with Gasteiger partial charge in [0.25, 0.3) is 0 Å². The number of aliphatic hydroxyl groups excluding tert-OH is 1. The predicted octanol–water partition coefficient (Wildman–Crippen LogP) is 0.0993. The fourth-order valence-corrected chi connectivity index (χ4v) is 2.83. The van der Waals surface area contributed by atoms with E-state index in [0.29, 0.717) is 32.0 Å². The summed E-state index contributed by atoms with van der Waals surface area (Å²) in [5, 5.41) is 19.7. The third-order valence-electron chi connectivity index (χ3n) is 4.08. The highest BCUT2D eigenvalue weighted by Gasteiger charge is 2.35. The Labute approximate surface area is 148 Å². The van der Waals surface area contributed by atoms with Gasteiger partial charge < -0.3 is 24.6 Å². The Morgan fingerprint density at radius 3 is 2.96 bits per heavy atom. The monoisotopic (exact) mass is 352 g/mol. The molecule has 1 saturated heterocycles. The van der Waals surface area contributed by atoms with Gasteiger partial charge in [-0.2, -0.15) is 0 Å². The van der Waals surface area contributed by atoms with E-state index in [2.05, 4.69) is 4.90 Å². The minimum absolute atomic E-state index is 0.0272. The number of nitrogens with zero attached hydrogens (tertiary/aromatic N) is 2. The third-order valence-corrected chi connectivity index (χ3v) is 4.08. The highest BCUT2D eigenvalue weighted by Crippen LogP contribution is 2.21. The normalized spacial score (nSPS) is 21.6. The van der Waals surface area contributed by atoms with E-state index in [4.69, 9.17) is 14.6 Å². The molecule has 1 fully saturated rings. The summed E-state index contributed by atoms with van der Waals surface area (Å²) < 4.78 is 11.0. The number of carbonyl (C=O) groups excluding carboxylic acids is 1. The molecule has 1 aliphatic heterocycles. The van der Waals surface area contributed by atoms with Gasteiger partial charge in [-0.1, -0.05) is 12.1 Å². The topological polar surface area (TPSA) is 82.5 Å². The lowest BCUT2D eigenvalue weighted by Crippen LogP contribution is -2.47. The number of rotatable bonds is 7. The van der Waals surface area contributed by atoms with Crippen LogP contribution in [0.15, 0.2) is 24.3 Å². The van der Waals surface area contributed by atoms with Crippen LogP contribution in [0, 0.1) is 0 Å². The van der Waals surface area contributed by atoms with Gasteiger partial charge in [-0.15, -0.1) is 0 Å². The second-order valence-corrected chi connectivity index (χ2v) is 6.67. The lowest BCUT2D eigenvalue weighted by Gasteiger charge is -2.31. The van der Waals surface area contributed by atoms with Crippen LogP contribution in [0.2, 0.25) is 0 Å². The van der Waals surface area contributed by atoms with Crippen molar-refractivity contribution in [2.45, 2.75) is 18.6 Å². The molecular weight excluding hydrogens is 324 g/mol. The summed E-state index contributed by atoms with van der Waals surface area (Å²) in [6.45, 7) is 2.57. The zero-order valence-corrected chi connectivity index (χ0v) is 15.0. The van der Waals surface area contributed by atoms with Gasteiger partial charge in [0.2, 0.25) is 5.91 Å². The van der Waals surface area contributed by atoms with Crippen LogP contribution >= 0.6 is 0 Å². The van der Waals surface area contributed by atoms with Gasteiger partial charge in [0.15, 0.2) is 0 Å². The van der Waals surface area contributed by atoms with E-state index in [1.807, 2.05) is 24.3 Å². The van der Waals surface area contributed by atoms with E-state index in [1.54, 1.807) is 14.1 Å². The third kappa shape index (κ3) is 6.28. The van der Waals surface area contributed by atoms with Crippen LogP contribution in [0.5, 0.6) is 5.75 Å². The highest BCUT2D eigenvalue weighted by atomic mass is 16.5. The Balaban J connectivity index is 2.02. The van der Waals surface area contributed by atoms with Crippen LogP contribution in [-0.2, 0) is 16.1 Å². The van der Waals surface area contributed by atoms with Crippen LogP contribution in [0.4, 0.5) is 0 Å². The summed E-state index contributed by atoms with van der Waals surface area (Å²) in [6, 6.07) is 7.65. The molecule has 0 spiro atoms. The summed E-state index contributed by atoms with van der Waals surface area (Å²) in [5.41, 5.74) is -0.151. The fraction of sp³-hybridized carbons (Fsp3) is 0.611. The largest absolute Gasteiger partial charge is 0.491 e. The van der Waals surface area contributed by atoms with E-state index in [1.165, 1.54) is 4.90 Å². The van der Waals surface area contributed by atoms with Crippen molar-refractivity contribution in [1.82, 2.24) is 9.80 Å². The summed E-state index contributed by atoms with van der Waals surface area (Å²) in [6.07, 6.45) is 0.0378. The number of hydrogen-bond donors (Lipinski definition) is 2. The van der Waals surface area contributed by atoms with Gasteiger partial charge in [-0.3, -0.25) is 9.69 Å². The van der Waals surface area contributed by atoms with Crippen molar-refractivity contribution in [2.24, 2.45) is 0 Å². The molecule has 7 nitrogen and oxygen atoms in total. The molecule has 0 aliphatic carbocycles. The molecule has 0 radical (unpaired) electrons. The zero-order chi connectivity index (χ0) is 18.3. The lowest BCUT2D eigenvalue weighted by molar-refractivity contribution is -0.136. The van der Waals surface area contributed by atoms with Gasteiger partial charge in [0.1, 0.15) is 18.0 Å². The summed E-state index contributed by atoms with van der Waals surface area (Å²) >= 11 is 0. The summed E-state index contributed by atoms with van der Waals surface area (Å²) in [7, 11) is 3.36. The number of hydrogen-bond acceptors (Lipinski definition) is 6. The van der Waals surface area contributed by atoms with Crippen molar-refractivity contribution in [2.75, 3.05) is 53.6 Å². The van der Waals surface area contributed by atoms with Crippen LogP contribution in [0.3, 0.4) is 0 Å². The van der Waals surface area contributed by atoms with Crippen molar-refractivity contribution in [3.8, 4) is 5.75 Å². The van der Waals surface area contributed by atoms with E-state index in [9.17, 15) is 9.90 Å². The first-order chi connectivity index (χ1) is 11.9. The standard InChI is InChI=1S/C18H28N2O5/c1-19(2)17(22)11-18(23)13-20(6-8-24-14-18)12-15-4-3-5-16(10-15)25-9-7-21/h3-5,10,21,23H,6-9,11-14H2,1-2H3/t18-/m1/s1. The SMILES string of the molecule is CN(C)C(=O)C[C@]1(O)COCCN(Cc2cccc(OCCO)c2)C1. The zero-order valence-electron chi connectivity index (χ0n) is 15.0. The first kappa shape index (κ1) is 19.7. The summed E-state index contributed by atoms with van der Waals surface area (Å²) in [4.78, 5) is 15.6. The first-order valence-corrected chi connectivity index (χ1v) is 8.47. The molecule has 1 aromatic rings. The maximum Gasteiger partial charge on any atom is 0.225 e. The van der Waals surface area contributed by atoms with Crippen LogP contribution in [-0.4, -0.2) is 85.1 Å². The second-order valence-electron chi connectivity index (χ2n) is 6.67. The van der Waals surface area contributed by atoms with Crippen LogP contribution in [0.1, 0.15) is 12.0 Å². The quantitative estimate of drug-likeness (QED) is 0.724. The molecule has 0 bridgehead atoms. The van der Waals surface area contributed by atoms with E-state index < -0.39 is 5.60 Å². The minimum atomic E-state index is -1.19. The van der Waals surface area contributed by atoms with Crippen molar-refractivity contribution in [3.05, 3.63) is 29.8 Å². The highest BCUT2D eigenvalue weighted by molar-refractivity contribution is 5.76. The molecule has 0 saturated carbocycles. The number of aliphatic hydroxyl groups is 2. The Hall–Kier alpha value is -1.67. The molecule has 7 heteroatoms. The van der Waals surface area contributed by atoms with Gasteiger partial charge in [-0.25, -0.2) is 0 Å². The summed E-state index contributed by atoms with van der Waals surface area (Å²) in [5.74, 6) is 0.586. The minimum Gasteiger partial charge on any atom is -0.491 e. The smallest absolute Gasteiger partial charge is 0.225 e. The molecule has 140 valence electrons. The maximum atomic E-state index is 12.0. The Bertz CT molecular complexity index is 566. The molecule has 1 heterocycles. The van der Waals surface area contributed by atoms with Crippen LogP contribution < -0.4 is 4.74 Å². The van der Waals surface area contributed by atoms with E-state index in [0.717, 1.165) is 5.56 Å². The van der Waals surface area contributed by atoms with E-state index in [-0.39, 0.29) is 32.1 Å². The van der Waals surface area contributed by atoms with Crippen LogP contribution in [0.25, 0.3) is 0 Å². The number of β-amino-alcohol motifs (C(OH)–C–C–N with tert-alkyl or cyclic N) is 1. The fourth-order valence-electron chi connectivity index (χ4n) is 2.83. The molecule has 25 heavy (non-hydrogen) atoms. The van der Waals surface area contributed by atoms with Gasteiger partial charge >= 0.3 is 0 Å². The lowest BCUT2D eigenvalue weighted by atomic mass is 9.99. The van der Waals surface area contributed by atoms with Gasteiger partial charge in [0, 0.05) is 33.7 Å². The van der Waals surface area contributed by atoms with Crippen molar-refractivity contribution >= 4 is 5.91 Å². The average Bonchev–Trinajstić information content (AvgIpc) is 2.74. The van der Waals surface area contributed by atoms with E-state index >= 15 is 0 Å². The molecule has 2 N–H and O–H groups in total. The maximum absolute atomic E-state index is 12.0. The Morgan fingerprint density at radius 2 is 2.24 bits per heavy atom. The predicted molar refractivity (Wildman–Crippen MR) is 93.4 cm³/mol. The average molecular weight is 352 g/mol. The number of amides is 1. The van der Waals surface area contributed by atoms with Crippen molar-refractivity contribution in [1.29, 1.82) is 0 Å². The Kier molecular flexibility index (Phi) is 7.19.